The Balaban J connectivity index is 2.22. The van der Waals surface area contributed by atoms with Crippen LogP contribution in [0.4, 0.5) is 0 Å². The zero-order valence-electron chi connectivity index (χ0n) is 11.6. The van der Waals surface area contributed by atoms with Gasteiger partial charge in [-0.25, -0.2) is 18.2 Å². The van der Waals surface area contributed by atoms with Gasteiger partial charge in [-0.3, -0.25) is 0 Å². The largest absolute Gasteiger partial charge is 0.243 e. The molecule has 0 saturated carbocycles. The van der Waals surface area contributed by atoms with Crippen molar-refractivity contribution in [1.82, 2.24) is 4.31 Å². The van der Waals surface area contributed by atoms with E-state index in [1.54, 1.807) is 6.92 Å². The monoisotopic (exact) mass is 305 g/mol. The standard InChI is InChI=1S/C14H15N3O3S/c1-11-8-14(3-2-12(11)9-15)21(19,20)17-6-4-13(5-7-17)16-10-18/h2-3,8,13H,4-7H2,1H3. The van der Waals surface area contributed by atoms with Crippen molar-refractivity contribution in [3.63, 3.8) is 0 Å². The van der Waals surface area contributed by atoms with Gasteiger partial charge >= 0.3 is 0 Å². The summed E-state index contributed by atoms with van der Waals surface area (Å²) in [5.74, 6) is 0. The Morgan fingerprint density at radius 3 is 2.52 bits per heavy atom. The maximum atomic E-state index is 12.5. The molecule has 0 amide bonds. The average Bonchev–Trinajstić information content (AvgIpc) is 2.48. The molecule has 21 heavy (non-hydrogen) atoms. The molecule has 0 radical (unpaired) electrons. The number of isocyanates is 1. The van der Waals surface area contributed by atoms with Crippen molar-refractivity contribution in [2.45, 2.75) is 30.7 Å². The van der Waals surface area contributed by atoms with E-state index in [1.807, 2.05) is 6.07 Å². The van der Waals surface area contributed by atoms with Gasteiger partial charge in [0.2, 0.25) is 16.1 Å². The molecule has 1 saturated heterocycles. The first kappa shape index (κ1) is 15.4. The summed E-state index contributed by atoms with van der Waals surface area (Å²) in [6.07, 6.45) is 2.55. The lowest BCUT2D eigenvalue weighted by atomic mass is 10.1. The van der Waals surface area contributed by atoms with Crippen molar-refractivity contribution in [3.05, 3.63) is 29.3 Å². The molecule has 0 unspecified atom stereocenters. The van der Waals surface area contributed by atoms with Crippen LogP contribution in [-0.4, -0.2) is 37.9 Å². The highest BCUT2D eigenvalue weighted by Gasteiger charge is 2.29. The van der Waals surface area contributed by atoms with Crippen LogP contribution in [0.25, 0.3) is 0 Å². The van der Waals surface area contributed by atoms with Gasteiger partial charge in [0.05, 0.1) is 22.6 Å². The number of aryl methyl sites for hydroxylation is 1. The van der Waals surface area contributed by atoms with E-state index < -0.39 is 10.0 Å². The molecule has 2 rings (SSSR count). The predicted molar refractivity (Wildman–Crippen MR) is 75.8 cm³/mol. The highest BCUT2D eigenvalue weighted by molar-refractivity contribution is 7.89. The summed E-state index contributed by atoms with van der Waals surface area (Å²) in [4.78, 5) is 14.1. The number of hydrogen-bond donors (Lipinski definition) is 0. The SMILES string of the molecule is Cc1cc(S(=O)(=O)N2CCC(N=C=O)CC2)ccc1C#N. The Labute approximate surface area is 123 Å². The normalized spacial score (nSPS) is 17.0. The first-order valence-electron chi connectivity index (χ1n) is 6.57. The Hall–Kier alpha value is -2.00. The second-order valence-electron chi connectivity index (χ2n) is 4.94. The van der Waals surface area contributed by atoms with E-state index in [1.165, 1.54) is 28.6 Å². The molecule has 0 spiro atoms. The quantitative estimate of drug-likeness (QED) is 0.622. The van der Waals surface area contributed by atoms with Crippen molar-refractivity contribution in [1.29, 1.82) is 5.26 Å². The van der Waals surface area contributed by atoms with Crippen LogP contribution < -0.4 is 0 Å². The second-order valence-corrected chi connectivity index (χ2v) is 6.88. The summed E-state index contributed by atoms with van der Waals surface area (Å²) in [5.41, 5.74) is 1.10. The Morgan fingerprint density at radius 2 is 2.00 bits per heavy atom. The number of aliphatic imine (C=N–C) groups is 1. The summed E-state index contributed by atoms with van der Waals surface area (Å²) in [7, 11) is -3.56. The number of nitrogens with zero attached hydrogens (tertiary/aromatic N) is 3. The van der Waals surface area contributed by atoms with Crippen LogP contribution in [0, 0.1) is 18.3 Å². The molecular formula is C14H15N3O3S. The van der Waals surface area contributed by atoms with Gasteiger partial charge in [-0.2, -0.15) is 9.57 Å². The van der Waals surface area contributed by atoms with Crippen LogP contribution in [0.15, 0.2) is 28.1 Å². The van der Waals surface area contributed by atoms with E-state index in [0.29, 0.717) is 37.1 Å². The van der Waals surface area contributed by atoms with Crippen molar-refractivity contribution < 1.29 is 13.2 Å². The third-order valence-corrected chi connectivity index (χ3v) is 5.51. The molecule has 1 aliphatic rings. The molecule has 7 heteroatoms. The smallest absolute Gasteiger partial charge is 0.211 e. The molecule has 1 heterocycles. The zero-order valence-corrected chi connectivity index (χ0v) is 12.4. The third kappa shape index (κ3) is 3.19. The van der Waals surface area contributed by atoms with Crippen LogP contribution >= 0.6 is 0 Å². The van der Waals surface area contributed by atoms with Crippen molar-refractivity contribution >= 4 is 16.1 Å². The third-order valence-electron chi connectivity index (χ3n) is 3.61. The molecule has 1 fully saturated rings. The molecule has 0 atom stereocenters. The molecule has 0 aromatic heterocycles. The average molecular weight is 305 g/mol. The van der Waals surface area contributed by atoms with Gasteiger partial charge in [0.15, 0.2) is 0 Å². The van der Waals surface area contributed by atoms with Gasteiger partial charge in [-0.15, -0.1) is 0 Å². The summed E-state index contributed by atoms with van der Waals surface area (Å²) < 4.78 is 26.5. The molecular weight excluding hydrogens is 290 g/mol. The molecule has 110 valence electrons. The van der Waals surface area contributed by atoms with E-state index in [0.717, 1.165) is 0 Å². The van der Waals surface area contributed by atoms with Gasteiger partial charge in [0.25, 0.3) is 0 Å². The molecule has 6 nitrogen and oxygen atoms in total. The Bertz CT molecular complexity index is 722. The highest BCUT2D eigenvalue weighted by atomic mass is 32.2. The summed E-state index contributed by atoms with van der Waals surface area (Å²) in [6, 6.07) is 6.37. The minimum absolute atomic E-state index is 0.142. The van der Waals surface area contributed by atoms with E-state index in [4.69, 9.17) is 5.26 Å². The number of nitriles is 1. The van der Waals surface area contributed by atoms with Gasteiger partial charge in [-0.05, 0) is 43.5 Å². The summed E-state index contributed by atoms with van der Waals surface area (Å²) in [5, 5.41) is 8.89. The number of carbonyl (C=O) groups excluding carboxylic acids is 1. The summed E-state index contributed by atoms with van der Waals surface area (Å²) >= 11 is 0. The highest BCUT2D eigenvalue weighted by Crippen LogP contribution is 2.23. The molecule has 0 bridgehead atoms. The molecule has 0 aliphatic carbocycles. The Morgan fingerprint density at radius 1 is 1.33 bits per heavy atom. The van der Waals surface area contributed by atoms with E-state index in [9.17, 15) is 13.2 Å². The van der Waals surface area contributed by atoms with Crippen LogP contribution in [0.1, 0.15) is 24.0 Å². The second kappa shape index (κ2) is 6.19. The van der Waals surface area contributed by atoms with Crippen LogP contribution in [0.2, 0.25) is 0 Å². The van der Waals surface area contributed by atoms with Crippen molar-refractivity contribution in [3.8, 4) is 6.07 Å². The lowest BCUT2D eigenvalue weighted by Gasteiger charge is -2.28. The predicted octanol–water partition coefficient (Wildman–Crippen LogP) is 1.36. The Kier molecular flexibility index (Phi) is 4.53. The fourth-order valence-electron chi connectivity index (χ4n) is 2.36. The number of hydrogen-bond acceptors (Lipinski definition) is 5. The molecule has 0 N–H and O–H groups in total. The first-order chi connectivity index (χ1) is 9.98. The minimum Gasteiger partial charge on any atom is -0.211 e. The maximum Gasteiger partial charge on any atom is 0.243 e. The van der Waals surface area contributed by atoms with Gasteiger partial charge in [0, 0.05) is 13.1 Å². The molecule has 1 aromatic rings. The van der Waals surface area contributed by atoms with Crippen molar-refractivity contribution in [2.24, 2.45) is 4.99 Å². The fraction of sp³-hybridized carbons (Fsp3) is 0.429. The maximum absolute atomic E-state index is 12.5. The lowest BCUT2D eigenvalue weighted by molar-refractivity contribution is 0.320. The number of piperidine rings is 1. The minimum atomic E-state index is -3.56. The van der Waals surface area contributed by atoms with Crippen LogP contribution in [-0.2, 0) is 14.8 Å². The van der Waals surface area contributed by atoms with Gasteiger partial charge in [0.1, 0.15) is 0 Å². The fourth-order valence-corrected chi connectivity index (χ4v) is 3.91. The van der Waals surface area contributed by atoms with Gasteiger partial charge in [-0.1, -0.05) is 0 Å². The lowest BCUT2D eigenvalue weighted by Crippen LogP contribution is -2.39. The molecule has 1 aromatic carbocycles. The summed E-state index contributed by atoms with van der Waals surface area (Å²) in [6.45, 7) is 2.37. The van der Waals surface area contributed by atoms with E-state index >= 15 is 0 Å². The van der Waals surface area contributed by atoms with Crippen LogP contribution in [0.5, 0.6) is 0 Å². The van der Waals surface area contributed by atoms with Crippen LogP contribution in [0.3, 0.4) is 0 Å². The first-order valence-corrected chi connectivity index (χ1v) is 8.01. The topological polar surface area (TPSA) is 90.6 Å². The number of rotatable bonds is 3. The van der Waals surface area contributed by atoms with Gasteiger partial charge < -0.3 is 0 Å². The van der Waals surface area contributed by atoms with E-state index in [2.05, 4.69) is 4.99 Å². The van der Waals surface area contributed by atoms with E-state index in [-0.39, 0.29) is 10.9 Å². The molecule has 1 aliphatic heterocycles. The zero-order chi connectivity index (χ0) is 15.5. The number of benzene rings is 1. The van der Waals surface area contributed by atoms with Crippen molar-refractivity contribution in [2.75, 3.05) is 13.1 Å². The number of sulfonamides is 1.